The fourth-order valence-corrected chi connectivity index (χ4v) is 3.65. The Kier molecular flexibility index (Phi) is 4.32. The van der Waals surface area contributed by atoms with Crippen LogP contribution in [-0.4, -0.2) is 22.9 Å². The standard InChI is InChI=1S/C11H21N3S/c12-14-11(10-7-4-8-15-10)13-9-5-2-1-3-6-9/h9-10H,1-8,12H2,(H,13,14). The molecule has 1 heterocycles. The normalized spacial score (nSPS) is 29.4. The average molecular weight is 227 g/mol. The molecule has 0 spiro atoms. The van der Waals surface area contributed by atoms with E-state index in [4.69, 9.17) is 10.8 Å². The van der Waals surface area contributed by atoms with Crippen LogP contribution in [0.2, 0.25) is 0 Å². The molecule has 0 bridgehead atoms. The van der Waals surface area contributed by atoms with E-state index in [1.165, 1.54) is 50.7 Å². The van der Waals surface area contributed by atoms with Crippen molar-refractivity contribution < 1.29 is 0 Å². The smallest absolute Gasteiger partial charge is 0.124 e. The van der Waals surface area contributed by atoms with E-state index < -0.39 is 0 Å². The molecule has 3 nitrogen and oxygen atoms in total. The summed E-state index contributed by atoms with van der Waals surface area (Å²) in [6, 6.07) is 0.533. The predicted octanol–water partition coefficient (Wildman–Crippen LogP) is 2.08. The maximum Gasteiger partial charge on any atom is 0.124 e. The van der Waals surface area contributed by atoms with Crippen LogP contribution in [0.1, 0.15) is 44.9 Å². The maximum atomic E-state index is 5.58. The number of nitrogens with two attached hydrogens (primary N) is 1. The number of nitrogens with one attached hydrogen (secondary N) is 1. The largest absolute Gasteiger partial charge is 0.311 e. The lowest BCUT2D eigenvalue weighted by Gasteiger charge is -2.21. The van der Waals surface area contributed by atoms with E-state index in [0.717, 1.165) is 5.84 Å². The second kappa shape index (κ2) is 5.75. The Balaban J connectivity index is 1.93. The molecule has 86 valence electrons. The average Bonchev–Trinajstić information content (AvgIpc) is 2.81. The third-order valence-corrected chi connectivity index (χ3v) is 4.66. The van der Waals surface area contributed by atoms with Gasteiger partial charge in [0.05, 0.1) is 11.3 Å². The highest BCUT2D eigenvalue weighted by atomic mass is 32.2. The Morgan fingerprint density at radius 3 is 2.53 bits per heavy atom. The molecule has 1 atom stereocenters. The molecule has 0 radical (unpaired) electrons. The van der Waals surface area contributed by atoms with Gasteiger partial charge in [0.25, 0.3) is 0 Å². The third-order valence-electron chi connectivity index (χ3n) is 3.28. The van der Waals surface area contributed by atoms with Crippen LogP contribution in [0.25, 0.3) is 0 Å². The van der Waals surface area contributed by atoms with E-state index in [2.05, 4.69) is 5.43 Å². The van der Waals surface area contributed by atoms with E-state index in [1.54, 1.807) is 0 Å². The van der Waals surface area contributed by atoms with Gasteiger partial charge < -0.3 is 5.43 Å². The molecule has 1 saturated heterocycles. The molecule has 1 aliphatic carbocycles. The first-order chi connectivity index (χ1) is 7.40. The van der Waals surface area contributed by atoms with Crippen LogP contribution in [0.3, 0.4) is 0 Å². The van der Waals surface area contributed by atoms with Gasteiger partial charge in [0.15, 0.2) is 0 Å². The van der Waals surface area contributed by atoms with E-state index in [-0.39, 0.29) is 0 Å². The van der Waals surface area contributed by atoms with Crippen molar-refractivity contribution in [2.45, 2.75) is 56.2 Å². The van der Waals surface area contributed by atoms with E-state index >= 15 is 0 Å². The van der Waals surface area contributed by atoms with Gasteiger partial charge in [-0.15, -0.1) is 0 Å². The van der Waals surface area contributed by atoms with Gasteiger partial charge in [-0.3, -0.25) is 4.99 Å². The lowest BCUT2D eigenvalue weighted by molar-refractivity contribution is 0.441. The topological polar surface area (TPSA) is 50.4 Å². The zero-order valence-corrected chi connectivity index (χ0v) is 10.1. The summed E-state index contributed by atoms with van der Waals surface area (Å²) in [5.41, 5.74) is 2.82. The highest BCUT2D eigenvalue weighted by Gasteiger charge is 2.22. The van der Waals surface area contributed by atoms with Crippen LogP contribution in [0.5, 0.6) is 0 Å². The Labute approximate surface area is 96.3 Å². The number of thioether (sulfide) groups is 1. The molecule has 1 saturated carbocycles. The number of nitrogens with zero attached hydrogens (tertiary/aromatic N) is 1. The molecule has 1 unspecified atom stereocenters. The molecule has 2 fully saturated rings. The van der Waals surface area contributed by atoms with Crippen LogP contribution in [0.15, 0.2) is 4.99 Å². The van der Waals surface area contributed by atoms with Crippen molar-refractivity contribution >= 4 is 17.6 Å². The minimum absolute atomic E-state index is 0.533. The molecular weight excluding hydrogens is 206 g/mol. The lowest BCUT2D eigenvalue weighted by atomic mass is 9.96. The number of rotatable bonds is 2. The van der Waals surface area contributed by atoms with Crippen LogP contribution in [0, 0.1) is 0 Å². The second-order valence-corrected chi connectivity index (χ2v) is 5.76. The van der Waals surface area contributed by atoms with Gasteiger partial charge in [-0.05, 0) is 31.4 Å². The fraction of sp³-hybridized carbons (Fsp3) is 0.909. The van der Waals surface area contributed by atoms with Crippen LogP contribution < -0.4 is 11.3 Å². The maximum absolute atomic E-state index is 5.58. The Hall–Kier alpha value is -0.220. The van der Waals surface area contributed by atoms with Crippen molar-refractivity contribution in [3.05, 3.63) is 0 Å². The molecule has 4 heteroatoms. The third kappa shape index (κ3) is 3.11. The summed E-state index contributed by atoms with van der Waals surface area (Å²) in [7, 11) is 0. The fourth-order valence-electron chi connectivity index (χ4n) is 2.41. The first-order valence-corrected chi connectivity index (χ1v) is 7.11. The van der Waals surface area contributed by atoms with E-state index in [0.29, 0.717) is 11.3 Å². The SMILES string of the molecule is NNC(=NC1CCCCC1)C1CCCS1. The zero-order chi connectivity index (χ0) is 10.5. The Bertz CT molecular complexity index is 218. The Morgan fingerprint density at radius 1 is 1.13 bits per heavy atom. The van der Waals surface area contributed by atoms with Crippen LogP contribution in [-0.2, 0) is 0 Å². The molecule has 3 N–H and O–H groups in total. The minimum Gasteiger partial charge on any atom is -0.311 e. The van der Waals surface area contributed by atoms with E-state index in [9.17, 15) is 0 Å². The van der Waals surface area contributed by atoms with Crippen molar-refractivity contribution in [2.24, 2.45) is 10.8 Å². The summed E-state index contributed by atoms with van der Waals surface area (Å²) in [5, 5.41) is 0.539. The number of amidine groups is 1. The summed E-state index contributed by atoms with van der Waals surface area (Å²) in [6.07, 6.45) is 9.11. The molecular formula is C11H21N3S. The molecule has 0 aromatic heterocycles. The predicted molar refractivity (Wildman–Crippen MR) is 67.1 cm³/mol. The summed E-state index contributed by atoms with van der Waals surface area (Å²) < 4.78 is 0. The van der Waals surface area contributed by atoms with Crippen molar-refractivity contribution in [1.29, 1.82) is 0 Å². The summed E-state index contributed by atoms with van der Waals surface area (Å²) in [5.74, 6) is 7.88. The molecule has 0 amide bonds. The van der Waals surface area contributed by atoms with Gasteiger partial charge in [-0.2, -0.15) is 11.8 Å². The molecule has 1 aliphatic heterocycles. The van der Waals surface area contributed by atoms with Gasteiger partial charge in [0.1, 0.15) is 5.84 Å². The molecule has 15 heavy (non-hydrogen) atoms. The summed E-state index contributed by atoms with van der Waals surface area (Å²) >= 11 is 1.99. The van der Waals surface area contributed by atoms with E-state index in [1.807, 2.05) is 11.8 Å². The molecule has 2 aliphatic rings. The van der Waals surface area contributed by atoms with Gasteiger partial charge in [-0.1, -0.05) is 19.3 Å². The first-order valence-electron chi connectivity index (χ1n) is 6.06. The quantitative estimate of drug-likeness (QED) is 0.329. The molecule has 0 aromatic rings. The van der Waals surface area contributed by atoms with Crippen molar-refractivity contribution in [1.82, 2.24) is 5.43 Å². The zero-order valence-electron chi connectivity index (χ0n) is 9.24. The number of aliphatic imine (C=N–C) groups is 1. The van der Waals surface area contributed by atoms with Gasteiger partial charge in [-0.25, -0.2) is 5.84 Å². The lowest BCUT2D eigenvalue weighted by Crippen LogP contribution is -2.38. The number of hydrazine groups is 1. The Morgan fingerprint density at radius 2 is 1.93 bits per heavy atom. The summed E-state index contributed by atoms with van der Waals surface area (Å²) in [4.78, 5) is 4.80. The van der Waals surface area contributed by atoms with Crippen molar-refractivity contribution in [2.75, 3.05) is 5.75 Å². The monoisotopic (exact) mass is 227 g/mol. The van der Waals surface area contributed by atoms with Crippen LogP contribution >= 0.6 is 11.8 Å². The summed E-state index contributed by atoms with van der Waals surface area (Å²) in [6.45, 7) is 0. The van der Waals surface area contributed by atoms with Crippen LogP contribution in [0.4, 0.5) is 0 Å². The van der Waals surface area contributed by atoms with Crippen molar-refractivity contribution in [3.8, 4) is 0 Å². The minimum atomic E-state index is 0.533. The highest BCUT2D eigenvalue weighted by Crippen LogP contribution is 2.28. The molecule has 0 aromatic carbocycles. The highest BCUT2D eigenvalue weighted by molar-refractivity contribution is 8.00. The second-order valence-electron chi connectivity index (χ2n) is 4.45. The van der Waals surface area contributed by atoms with Gasteiger partial charge in [0, 0.05) is 0 Å². The molecule has 2 rings (SSSR count). The first kappa shape index (κ1) is 11.3. The number of hydrogen-bond donors (Lipinski definition) is 2. The van der Waals surface area contributed by atoms with Gasteiger partial charge >= 0.3 is 0 Å². The van der Waals surface area contributed by atoms with Gasteiger partial charge in [0.2, 0.25) is 0 Å². The van der Waals surface area contributed by atoms with Crippen molar-refractivity contribution in [3.63, 3.8) is 0 Å². The number of hydrogen-bond acceptors (Lipinski definition) is 3.